The number of nitrogens with one attached hydrogen (secondary N) is 1. The van der Waals surface area contributed by atoms with Gasteiger partial charge in [-0.3, -0.25) is 4.72 Å². The first-order chi connectivity index (χ1) is 9.18. The molecule has 1 rings (SSSR count). The van der Waals surface area contributed by atoms with Crippen LogP contribution in [0, 0.1) is 11.3 Å². The number of sulfonamides is 1. The Kier molecular flexibility index (Phi) is 4.97. The lowest BCUT2D eigenvalue weighted by Gasteiger charge is -2.12. The maximum Gasteiger partial charge on any atom is 0.233 e. The number of rotatable bonds is 6. The predicted molar refractivity (Wildman–Crippen MR) is 74.8 cm³/mol. The molecule has 0 amide bonds. The van der Waals surface area contributed by atoms with Gasteiger partial charge in [-0.05, 0) is 12.1 Å². The molecule has 0 aliphatic carbocycles. The molecule has 0 radical (unpaired) electrons. The monoisotopic (exact) mass is 318 g/mol. The van der Waals surface area contributed by atoms with Gasteiger partial charge in [-0.1, -0.05) is 6.07 Å². The van der Waals surface area contributed by atoms with Crippen molar-refractivity contribution in [1.82, 2.24) is 0 Å². The molecule has 20 heavy (non-hydrogen) atoms. The highest BCUT2D eigenvalue weighted by Crippen LogP contribution is 2.28. The Hall–Kier alpha value is -1.79. The highest BCUT2D eigenvalue weighted by molar-refractivity contribution is 7.95. The van der Waals surface area contributed by atoms with Crippen molar-refractivity contribution >= 4 is 25.5 Å². The Balaban J connectivity index is 3.07. The number of sulfone groups is 1. The highest BCUT2D eigenvalue weighted by atomic mass is 32.2. The van der Waals surface area contributed by atoms with Crippen molar-refractivity contribution in [2.45, 2.75) is 0 Å². The van der Waals surface area contributed by atoms with E-state index in [4.69, 9.17) is 10.00 Å². The molecule has 0 aliphatic rings. The number of benzene rings is 1. The Bertz CT molecular complexity index is 733. The van der Waals surface area contributed by atoms with Crippen LogP contribution in [0.1, 0.15) is 5.56 Å². The molecule has 1 aromatic carbocycles. The van der Waals surface area contributed by atoms with Crippen molar-refractivity contribution in [1.29, 1.82) is 5.26 Å². The maximum absolute atomic E-state index is 11.8. The second-order valence-electron chi connectivity index (χ2n) is 4.05. The lowest BCUT2D eigenvalue weighted by Crippen LogP contribution is -2.23. The van der Waals surface area contributed by atoms with Crippen molar-refractivity contribution in [3.8, 4) is 11.8 Å². The molecule has 1 N–H and O–H groups in total. The topological polar surface area (TPSA) is 113 Å². The van der Waals surface area contributed by atoms with Crippen molar-refractivity contribution in [2.75, 3.05) is 29.6 Å². The van der Waals surface area contributed by atoms with Gasteiger partial charge in [0.15, 0.2) is 0 Å². The van der Waals surface area contributed by atoms with E-state index in [1.165, 1.54) is 19.2 Å². The number of para-hydroxylation sites is 1. The third-order valence-corrected chi connectivity index (χ3v) is 4.81. The Morgan fingerprint density at radius 3 is 2.40 bits per heavy atom. The molecule has 0 atom stereocenters. The van der Waals surface area contributed by atoms with Crippen LogP contribution in [0.25, 0.3) is 0 Å². The van der Waals surface area contributed by atoms with Crippen LogP contribution in [0.5, 0.6) is 5.75 Å². The molecule has 0 heterocycles. The molecular formula is C11H14N2O5S2. The summed E-state index contributed by atoms with van der Waals surface area (Å²) >= 11 is 0. The van der Waals surface area contributed by atoms with Crippen molar-refractivity contribution in [3.63, 3.8) is 0 Å². The largest absolute Gasteiger partial charge is 0.495 e. The lowest BCUT2D eigenvalue weighted by molar-refractivity contribution is 0.417. The van der Waals surface area contributed by atoms with Gasteiger partial charge in [-0.15, -0.1) is 0 Å². The van der Waals surface area contributed by atoms with Crippen LogP contribution in [0.4, 0.5) is 5.69 Å². The summed E-state index contributed by atoms with van der Waals surface area (Å²) in [6, 6.07) is 6.31. The maximum atomic E-state index is 11.8. The molecule has 0 spiro atoms. The summed E-state index contributed by atoms with van der Waals surface area (Å²) < 4.78 is 52.9. The van der Waals surface area contributed by atoms with Crippen LogP contribution in [-0.2, 0) is 19.9 Å². The Morgan fingerprint density at radius 1 is 1.25 bits per heavy atom. The van der Waals surface area contributed by atoms with E-state index in [9.17, 15) is 16.8 Å². The van der Waals surface area contributed by atoms with Crippen molar-refractivity contribution in [3.05, 3.63) is 23.8 Å². The van der Waals surface area contributed by atoms with E-state index in [-0.39, 0.29) is 17.0 Å². The summed E-state index contributed by atoms with van der Waals surface area (Å²) in [5.74, 6) is -0.902. The van der Waals surface area contributed by atoms with Gasteiger partial charge < -0.3 is 4.74 Å². The molecular weight excluding hydrogens is 304 g/mol. The summed E-state index contributed by atoms with van der Waals surface area (Å²) in [6.07, 6.45) is 0.951. The van der Waals surface area contributed by atoms with Crippen LogP contribution < -0.4 is 9.46 Å². The van der Waals surface area contributed by atoms with Crippen molar-refractivity contribution < 1.29 is 21.6 Å². The van der Waals surface area contributed by atoms with Gasteiger partial charge in [-0.25, -0.2) is 16.8 Å². The third-order valence-electron chi connectivity index (χ3n) is 2.35. The molecule has 0 saturated heterocycles. The fraction of sp³-hybridized carbons (Fsp3) is 0.364. The molecule has 0 unspecified atom stereocenters. The first kappa shape index (κ1) is 16.3. The molecule has 0 aromatic heterocycles. The van der Waals surface area contributed by atoms with Gasteiger partial charge in [0.2, 0.25) is 10.0 Å². The molecule has 9 heteroatoms. The van der Waals surface area contributed by atoms with E-state index in [0.29, 0.717) is 0 Å². The Labute approximate surface area is 118 Å². The number of nitriles is 1. The second kappa shape index (κ2) is 6.11. The number of hydrogen-bond acceptors (Lipinski definition) is 6. The quantitative estimate of drug-likeness (QED) is 0.810. The summed E-state index contributed by atoms with van der Waals surface area (Å²) in [4.78, 5) is 0. The third kappa shape index (κ3) is 4.71. The molecule has 0 bridgehead atoms. The van der Waals surface area contributed by atoms with E-state index in [0.717, 1.165) is 6.26 Å². The van der Waals surface area contributed by atoms with Gasteiger partial charge in [0, 0.05) is 6.26 Å². The van der Waals surface area contributed by atoms with Gasteiger partial charge in [-0.2, -0.15) is 5.26 Å². The fourth-order valence-electron chi connectivity index (χ4n) is 1.37. The zero-order valence-corrected chi connectivity index (χ0v) is 12.6. The molecule has 0 fully saturated rings. The molecule has 1 aromatic rings. The van der Waals surface area contributed by atoms with E-state index in [1.807, 2.05) is 6.07 Å². The number of anilines is 1. The smallest absolute Gasteiger partial charge is 0.233 e. The number of methoxy groups -OCH3 is 1. The van der Waals surface area contributed by atoms with E-state index >= 15 is 0 Å². The van der Waals surface area contributed by atoms with Gasteiger partial charge in [0.1, 0.15) is 27.3 Å². The minimum Gasteiger partial charge on any atom is -0.495 e. The normalized spacial score (nSPS) is 11.7. The zero-order valence-electron chi connectivity index (χ0n) is 11.0. The van der Waals surface area contributed by atoms with E-state index in [1.54, 1.807) is 6.07 Å². The minimum atomic E-state index is -3.89. The van der Waals surface area contributed by atoms with Crippen LogP contribution >= 0.6 is 0 Å². The number of hydrogen-bond donors (Lipinski definition) is 1. The Morgan fingerprint density at radius 2 is 1.90 bits per heavy atom. The zero-order chi connectivity index (χ0) is 15.4. The van der Waals surface area contributed by atoms with Gasteiger partial charge >= 0.3 is 0 Å². The van der Waals surface area contributed by atoms with E-state index < -0.39 is 31.4 Å². The standard InChI is InChI=1S/C11H14N2O5S2/c1-18-10-5-3-4-9(8-12)11(10)13-20(16,17)7-6-19(2,14)15/h3-5,13H,6-7H2,1-2H3. The first-order valence-electron chi connectivity index (χ1n) is 5.44. The average molecular weight is 318 g/mol. The summed E-state index contributed by atoms with van der Waals surface area (Å²) in [6.45, 7) is 0. The predicted octanol–water partition coefficient (Wildman–Crippen LogP) is 0.353. The van der Waals surface area contributed by atoms with Crippen LogP contribution in [-0.4, -0.2) is 41.7 Å². The van der Waals surface area contributed by atoms with Gasteiger partial charge in [0.25, 0.3) is 0 Å². The van der Waals surface area contributed by atoms with Gasteiger partial charge in [0.05, 0.1) is 24.2 Å². The minimum absolute atomic E-state index is 0.00556. The lowest BCUT2D eigenvalue weighted by atomic mass is 10.2. The van der Waals surface area contributed by atoms with Crippen LogP contribution in [0.2, 0.25) is 0 Å². The number of nitrogens with zero attached hydrogens (tertiary/aromatic N) is 1. The molecule has 110 valence electrons. The molecule has 7 nitrogen and oxygen atoms in total. The van der Waals surface area contributed by atoms with Crippen LogP contribution in [0.3, 0.4) is 0 Å². The molecule has 0 aliphatic heterocycles. The summed E-state index contributed by atoms with van der Waals surface area (Å²) in [5.41, 5.74) is 0.0956. The summed E-state index contributed by atoms with van der Waals surface area (Å²) in [5, 5.41) is 8.96. The molecule has 0 saturated carbocycles. The van der Waals surface area contributed by atoms with E-state index in [2.05, 4.69) is 4.72 Å². The SMILES string of the molecule is COc1cccc(C#N)c1NS(=O)(=O)CCS(C)(=O)=O. The number of ether oxygens (including phenoxy) is 1. The van der Waals surface area contributed by atoms with Crippen molar-refractivity contribution in [2.24, 2.45) is 0 Å². The second-order valence-corrected chi connectivity index (χ2v) is 8.15. The first-order valence-corrected chi connectivity index (χ1v) is 9.15. The fourth-order valence-corrected chi connectivity index (χ4v) is 4.08. The average Bonchev–Trinajstić information content (AvgIpc) is 2.36. The van der Waals surface area contributed by atoms with Crippen LogP contribution in [0.15, 0.2) is 18.2 Å². The summed E-state index contributed by atoms with van der Waals surface area (Å²) in [7, 11) is -5.95. The highest BCUT2D eigenvalue weighted by Gasteiger charge is 2.18.